The van der Waals surface area contributed by atoms with E-state index in [1.165, 1.54) is 22.5 Å². The Bertz CT molecular complexity index is 709. The highest BCUT2D eigenvalue weighted by Gasteiger charge is 2.33. The molecule has 1 saturated heterocycles. The molecular weight excluding hydrogens is 292 g/mol. The molecule has 7 nitrogen and oxygen atoms in total. The van der Waals surface area contributed by atoms with Crippen LogP contribution in [-0.4, -0.2) is 31.7 Å². The van der Waals surface area contributed by atoms with Gasteiger partial charge in [-0.05, 0) is 31.0 Å². The summed E-state index contributed by atoms with van der Waals surface area (Å²) >= 11 is 0. The first-order valence-corrected chi connectivity index (χ1v) is 7.89. The average Bonchev–Trinajstić information content (AvgIpc) is 2.46. The lowest BCUT2D eigenvalue weighted by Crippen LogP contribution is -2.44. The first kappa shape index (κ1) is 15.3. The number of amides is 1. The fourth-order valence-electron chi connectivity index (χ4n) is 2.38. The third-order valence-electron chi connectivity index (χ3n) is 3.54. The third kappa shape index (κ3) is 2.99. The molecule has 0 spiro atoms. The highest BCUT2D eigenvalue weighted by Crippen LogP contribution is 2.27. The summed E-state index contributed by atoms with van der Waals surface area (Å²) in [6.45, 7) is 0.392. The number of nitriles is 1. The lowest BCUT2D eigenvalue weighted by molar-refractivity contribution is -0.122. The molecule has 1 unspecified atom stereocenters. The van der Waals surface area contributed by atoms with E-state index in [1.807, 2.05) is 6.07 Å². The molecule has 21 heavy (non-hydrogen) atoms. The minimum absolute atomic E-state index is 0.0234. The van der Waals surface area contributed by atoms with E-state index < -0.39 is 21.8 Å². The Morgan fingerprint density at radius 2 is 2.14 bits per heavy atom. The minimum atomic E-state index is -3.79. The normalized spacial score (nSPS) is 19.9. The molecule has 0 aromatic heterocycles. The lowest BCUT2D eigenvalue weighted by Gasteiger charge is -2.30. The molecule has 1 amide bonds. The number of carbonyl (C=O) groups excluding carboxylic acids is 1. The zero-order valence-corrected chi connectivity index (χ0v) is 12.1. The lowest BCUT2D eigenvalue weighted by atomic mass is 9.99. The molecular formula is C13H16N4O3S. The maximum Gasteiger partial charge on any atom is 0.245 e. The number of benzene rings is 1. The van der Waals surface area contributed by atoms with Gasteiger partial charge >= 0.3 is 0 Å². The maximum atomic E-state index is 12.6. The highest BCUT2D eigenvalue weighted by atomic mass is 32.2. The van der Waals surface area contributed by atoms with E-state index in [2.05, 4.69) is 0 Å². The molecule has 8 heteroatoms. The number of nitrogen functional groups attached to an aromatic ring is 1. The summed E-state index contributed by atoms with van der Waals surface area (Å²) in [7, 11) is -3.79. The number of hydrogen-bond donors (Lipinski definition) is 2. The van der Waals surface area contributed by atoms with E-state index in [9.17, 15) is 13.2 Å². The van der Waals surface area contributed by atoms with Gasteiger partial charge in [0.2, 0.25) is 15.9 Å². The molecule has 2 rings (SSSR count). The van der Waals surface area contributed by atoms with Gasteiger partial charge in [-0.3, -0.25) is 4.79 Å². The van der Waals surface area contributed by atoms with Crippen LogP contribution in [0.4, 0.5) is 5.69 Å². The molecule has 112 valence electrons. The number of anilines is 1. The monoisotopic (exact) mass is 308 g/mol. The van der Waals surface area contributed by atoms with Crippen molar-refractivity contribution in [3.63, 3.8) is 0 Å². The van der Waals surface area contributed by atoms with Crippen LogP contribution in [0.3, 0.4) is 0 Å². The SMILES string of the molecule is N#Cc1ccc(S(=O)(=O)N2CCCC(C(N)=O)C2)c(N)c1. The summed E-state index contributed by atoms with van der Waals surface area (Å²) in [5, 5.41) is 8.78. The molecule has 1 atom stereocenters. The first-order chi connectivity index (χ1) is 9.86. The van der Waals surface area contributed by atoms with Crippen LogP contribution in [-0.2, 0) is 14.8 Å². The smallest absolute Gasteiger partial charge is 0.245 e. The average molecular weight is 308 g/mol. The summed E-state index contributed by atoms with van der Waals surface area (Å²) in [5.41, 5.74) is 11.3. The molecule has 1 heterocycles. The minimum Gasteiger partial charge on any atom is -0.398 e. The topological polar surface area (TPSA) is 130 Å². The van der Waals surface area contributed by atoms with Crippen LogP contribution in [0.1, 0.15) is 18.4 Å². The fourth-order valence-corrected chi connectivity index (χ4v) is 4.01. The predicted octanol–water partition coefficient (Wildman–Crippen LogP) is 0.0265. The second-order valence-corrected chi connectivity index (χ2v) is 6.88. The second kappa shape index (κ2) is 5.71. The van der Waals surface area contributed by atoms with E-state index >= 15 is 0 Å². The van der Waals surface area contributed by atoms with Gasteiger partial charge in [-0.25, -0.2) is 8.42 Å². The summed E-state index contributed by atoms with van der Waals surface area (Å²) in [6.07, 6.45) is 1.16. The Labute approximate surface area is 123 Å². The van der Waals surface area contributed by atoms with Gasteiger partial charge in [-0.1, -0.05) is 0 Å². The zero-order chi connectivity index (χ0) is 15.6. The van der Waals surface area contributed by atoms with Crippen molar-refractivity contribution in [1.29, 1.82) is 5.26 Å². The Morgan fingerprint density at radius 1 is 1.43 bits per heavy atom. The van der Waals surface area contributed by atoms with E-state index in [-0.39, 0.29) is 17.1 Å². The van der Waals surface area contributed by atoms with Crippen LogP contribution in [0.15, 0.2) is 23.1 Å². The van der Waals surface area contributed by atoms with Gasteiger partial charge in [0.15, 0.2) is 0 Å². The summed E-state index contributed by atoms with van der Waals surface area (Å²) in [6, 6.07) is 5.94. The van der Waals surface area contributed by atoms with Crippen LogP contribution in [0, 0.1) is 17.2 Å². The number of primary amides is 1. The van der Waals surface area contributed by atoms with Crippen molar-refractivity contribution in [2.75, 3.05) is 18.8 Å². The van der Waals surface area contributed by atoms with Gasteiger partial charge in [0.05, 0.1) is 23.2 Å². The van der Waals surface area contributed by atoms with Crippen LogP contribution >= 0.6 is 0 Å². The second-order valence-electron chi connectivity index (χ2n) is 4.97. The van der Waals surface area contributed by atoms with Crippen molar-refractivity contribution in [3.05, 3.63) is 23.8 Å². The standard InChI is InChI=1S/C13H16N4O3S/c14-7-9-3-4-12(11(15)6-9)21(19,20)17-5-1-2-10(8-17)13(16)18/h3-4,6,10H,1-2,5,8,15H2,(H2,16,18). The fraction of sp³-hybridized carbons (Fsp3) is 0.385. The largest absolute Gasteiger partial charge is 0.398 e. The quantitative estimate of drug-likeness (QED) is 0.760. The Hall–Kier alpha value is -2.11. The Balaban J connectivity index is 2.34. The van der Waals surface area contributed by atoms with Gasteiger partial charge in [0.25, 0.3) is 0 Å². The maximum absolute atomic E-state index is 12.6. The summed E-state index contributed by atoms with van der Waals surface area (Å²) in [4.78, 5) is 11.2. The Kier molecular flexibility index (Phi) is 4.16. The van der Waals surface area contributed by atoms with Crippen molar-refractivity contribution in [1.82, 2.24) is 4.31 Å². The van der Waals surface area contributed by atoms with Crippen LogP contribution < -0.4 is 11.5 Å². The number of hydrogen-bond acceptors (Lipinski definition) is 5. The van der Waals surface area contributed by atoms with E-state index in [0.29, 0.717) is 24.9 Å². The summed E-state index contributed by atoms with van der Waals surface area (Å²) < 4.78 is 26.4. The Morgan fingerprint density at radius 3 is 2.71 bits per heavy atom. The van der Waals surface area contributed by atoms with Crippen molar-refractivity contribution in [3.8, 4) is 6.07 Å². The van der Waals surface area contributed by atoms with Gasteiger partial charge in [-0.2, -0.15) is 9.57 Å². The van der Waals surface area contributed by atoms with Crippen molar-refractivity contribution in [2.24, 2.45) is 11.7 Å². The van der Waals surface area contributed by atoms with Crippen LogP contribution in [0.5, 0.6) is 0 Å². The van der Waals surface area contributed by atoms with Crippen molar-refractivity contribution in [2.45, 2.75) is 17.7 Å². The molecule has 0 saturated carbocycles. The molecule has 1 aromatic rings. The van der Waals surface area contributed by atoms with E-state index in [0.717, 1.165) is 0 Å². The molecule has 0 bridgehead atoms. The molecule has 0 aliphatic carbocycles. The molecule has 1 fully saturated rings. The number of carbonyl (C=O) groups is 1. The number of nitrogens with zero attached hydrogens (tertiary/aromatic N) is 2. The van der Waals surface area contributed by atoms with Crippen LogP contribution in [0.2, 0.25) is 0 Å². The number of piperidine rings is 1. The highest BCUT2D eigenvalue weighted by molar-refractivity contribution is 7.89. The van der Waals surface area contributed by atoms with Gasteiger partial charge in [0, 0.05) is 13.1 Å². The van der Waals surface area contributed by atoms with Crippen molar-refractivity contribution >= 4 is 21.6 Å². The molecule has 4 N–H and O–H groups in total. The number of nitrogens with two attached hydrogens (primary N) is 2. The summed E-state index contributed by atoms with van der Waals surface area (Å²) in [5.74, 6) is -0.976. The molecule has 0 radical (unpaired) electrons. The third-order valence-corrected chi connectivity index (χ3v) is 5.48. The van der Waals surface area contributed by atoms with Crippen molar-refractivity contribution < 1.29 is 13.2 Å². The predicted molar refractivity (Wildman–Crippen MR) is 76.2 cm³/mol. The first-order valence-electron chi connectivity index (χ1n) is 6.45. The van der Waals surface area contributed by atoms with Gasteiger partial charge < -0.3 is 11.5 Å². The van der Waals surface area contributed by atoms with E-state index in [4.69, 9.17) is 16.7 Å². The van der Waals surface area contributed by atoms with Gasteiger partial charge in [-0.15, -0.1) is 0 Å². The number of sulfonamides is 1. The molecule has 1 aliphatic rings. The molecule has 1 aliphatic heterocycles. The van der Waals surface area contributed by atoms with E-state index in [1.54, 1.807) is 0 Å². The zero-order valence-electron chi connectivity index (χ0n) is 11.3. The number of rotatable bonds is 3. The molecule has 1 aromatic carbocycles. The van der Waals surface area contributed by atoms with Crippen LogP contribution in [0.25, 0.3) is 0 Å². The van der Waals surface area contributed by atoms with Gasteiger partial charge in [0.1, 0.15) is 4.90 Å².